The summed E-state index contributed by atoms with van der Waals surface area (Å²) in [6, 6.07) is 8.34. The molecule has 0 spiro atoms. The fourth-order valence-corrected chi connectivity index (χ4v) is 3.87. The summed E-state index contributed by atoms with van der Waals surface area (Å²) in [5.41, 5.74) is 8.25. The summed E-state index contributed by atoms with van der Waals surface area (Å²) in [6.07, 6.45) is 1.98. The predicted molar refractivity (Wildman–Crippen MR) is 93.0 cm³/mol. The summed E-state index contributed by atoms with van der Waals surface area (Å²) in [6.45, 7) is 4.81. The van der Waals surface area contributed by atoms with Crippen LogP contribution in [0.5, 0.6) is 0 Å². The Morgan fingerprint density at radius 3 is 2.81 bits per heavy atom. The molecule has 1 aliphatic heterocycles. The third-order valence-electron chi connectivity index (χ3n) is 3.62. The molecule has 1 aromatic carbocycles. The van der Waals surface area contributed by atoms with Gasteiger partial charge in [0.2, 0.25) is 5.91 Å². The maximum atomic E-state index is 12.5. The van der Waals surface area contributed by atoms with Gasteiger partial charge < -0.3 is 11.1 Å². The molecule has 1 aliphatic rings. The van der Waals surface area contributed by atoms with Gasteiger partial charge in [0, 0.05) is 12.6 Å². The van der Waals surface area contributed by atoms with E-state index < -0.39 is 0 Å². The van der Waals surface area contributed by atoms with Crippen LogP contribution in [-0.4, -0.2) is 24.2 Å². The minimum absolute atomic E-state index is 0. The van der Waals surface area contributed by atoms with E-state index in [0.29, 0.717) is 12.5 Å². The smallest absolute Gasteiger partial charge is 0.237 e. The molecule has 0 aromatic heterocycles. The van der Waals surface area contributed by atoms with Crippen molar-refractivity contribution < 1.29 is 4.79 Å². The molecule has 0 saturated heterocycles. The average molecular weight is 329 g/mol. The lowest BCUT2D eigenvalue weighted by molar-refractivity contribution is -0.121. The van der Waals surface area contributed by atoms with E-state index in [1.807, 2.05) is 12.1 Å². The number of nitrogens with one attached hydrogen (secondary N) is 1. The van der Waals surface area contributed by atoms with E-state index in [4.69, 9.17) is 5.73 Å². The summed E-state index contributed by atoms with van der Waals surface area (Å²) in [7, 11) is 0. The monoisotopic (exact) mass is 328 g/mol. The second kappa shape index (κ2) is 8.66. The minimum Gasteiger partial charge on any atom is -0.351 e. The highest BCUT2D eigenvalue weighted by atomic mass is 35.5. The number of hydrogen-bond donors (Lipinski definition) is 2. The highest BCUT2D eigenvalue weighted by Gasteiger charge is 2.28. The molecule has 0 radical (unpaired) electrons. The lowest BCUT2D eigenvalue weighted by Crippen LogP contribution is -2.43. The van der Waals surface area contributed by atoms with Crippen molar-refractivity contribution in [2.75, 3.05) is 12.3 Å². The molecule has 0 saturated carbocycles. The fraction of sp³-hybridized carbons (Fsp3) is 0.562. The van der Waals surface area contributed by atoms with Gasteiger partial charge >= 0.3 is 0 Å². The van der Waals surface area contributed by atoms with Gasteiger partial charge in [-0.3, -0.25) is 4.79 Å². The summed E-state index contributed by atoms with van der Waals surface area (Å²) in [4.78, 5) is 12.5. The molecule has 2 unspecified atom stereocenters. The molecule has 3 nitrogen and oxygen atoms in total. The van der Waals surface area contributed by atoms with Crippen molar-refractivity contribution in [3.8, 4) is 0 Å². The lowest BCUT2D eigenvalue weighted by atomic mass is 10.00. The van der Waals surface area contributed by atoms with E-state index in [2.05, 4.69) is 31.3 Å². The van der Waals surface area contributed by atoms with Gasteiger partial charge in [-0.15, -0.1) is 24.2 Å². The number of carbonyl (C=O) groups excluding carboxylic acids is 1. The highest BCUT2D eigenvalue weighted by molar-refractivity contribution is 8.00. The molecule has 2 atom stereocenters. The van der Waals surface area contributed by atoms with Crippen LogP contribution in [0.4, 0.5) is 0 Å². The Bertz CT molecular complexity index is 467. The molecule has 0 bridgehead atoms. The molecule has 0 aliphatic carbocycles. The van der Waals surface area contributed by atoms with Gasteiger partial charge in [-0.1, -0.05) is 38.1 Å². The van der Waals surface area contributed by atoms with Gasteiger partial charge in [0.25, 0.3) is 0 Å². The number of benzene rings is 1. The van der Waals surface area contributed by atoms with Gasteiger partial charge in [-0.25, -0.2) is 0 Å². The summed E-state index contributed by atoms with van der Waals surface area (Å²) < 4.78 is 0. The van der Waals surface area contributed by atoms with Crippen LogP contribution in [0.3, 0.4) is 0 Å². The summed E-state index contributed by atoms with van der Waals surface area (Å²) >= 11 is 1.73. The normalized spacial score (nSPS) is 18.6. The van der Waals surface area contributed by atoms with Crippen LogP contribution in [0, 0.1) is 5.92 Å². The number of amides is 1. The van der Waals surface area contributed by atoms with Crippen LogP contribution < -0.4 is 11.1 Å². The molecular formula is C16H25ClN2OS. The molecular weight excluding hydrogens is 304 g/mol. The van der Waals surface area contributed by atoms with Crippen LogP contribution in [-0.2, 0) is 11.2 Å². The predicted octanol–water partition coefficient (Wildman–Crippen LogP) is 2.93. The summed E-state index contributed by atoms with van der Waals surface area (Å²) in [5.74, 6) is 1.65. The molecule has 21 heavy (non-hydrogen) atoms. The SMILES string of the molecule is CC(C)CC(CN)NC(=O)C1SCCc2ccccc21.Cl. The van der Waals surface area contributed by atoms with Crippen LogP contribution in [0.1, 0.15) is 36.6 Å². The lowest BCUT2D eigenvalue weighted by Gasteiger charge is -2.27. The number of hydrogen-bond acceptors (Lipinski definition) is 3. The molecule has 118 valence electrons. The Hall–Kier alpha value is -0.710. The molecule has 1 aromatic rings. The van der Waals surface area contributed by atoms with Crippen molar-refractivity contribution in [1.82, 2.24) is 5.32 Å². The van der Waals surface area contributed by atoms with Gasteiger partial charge in [0.15, 0.2) is 0 Å². The standard InChI is InChI=1S/C16H24N2OS.ClH/c1-11(2)9-13(10-17)18-16(19)15-14-6-4-3-5-12(14)7-8-20-15;/h3-6,11,13,15H,7-10,17H2,1-2H3,(H,18,19);1H. The number of thioether (sulfide) groups is 1. The summed E-state index contributed by atoms with van der Waals surface area (Å²) in [5, 5.41) is 3.04. The number of rotatable bonds is 5. The second-order valence-corrected chi connectivity index (χ2v) is 6.98. The number of fused-ring (bicyclic) bond motifs is 1. The Morgan fingerprint density at radius 2 is 2.14 bits per heavy atom. The molecule has 1 heterocycles. The third kappa shape index (κ3) is 4.90. The largest absolute Gasteiger partial charge is 0.351 e. The zero-order chi connectivity index (χ0) is 14.5. The van der Waals surface area contributed by atoms with E-state index >= 15 is 0 Å². The Labute approximate surface area is 137 Å². The second-order valence-electron chi connectivity index (χ2n) is 5.77. The maximum Gasteiger partial charge on any atom is 0.237 e. The number of carbonyl (C=O) groups is 1. The van der Waals surface area contributed by atoms with Crippen molar-refractivity contribution in [1.29, 1.82) is 0 Å². The first kappa shape index (κ1) is 18.3. The van der Waals surface area contributed by atoms with Gasteiger partial charge in [0.1, 0.15) is 5.25 Å². The van der Waals surface area contributed by atoms with Crippen molar-refractivity contribution in [2.45, 2.75) is 38.0 Å². The quantitative estimate of drug-likeness (QED) is 0.873. The molecule has 5 heteroatoms. The van der Waals surface area contributed by atoms with Crippen molar-refractivity contribution in [3.05, 3.63) is 35.4 Å². The molecule has 0 fully saturated rings. The number of halogens is 1. The zero-order valence-electron chi connectivity index (χ0n) is 12.7. The van der Waals surface area contributed by atoms with E-state index in [-0.39, 0.29) is 29.6 Å². The Kier molecular flexibility index (Phi) is 7.57. The first-order valence-electron chi connectivity index (χ1n) is 7.31. The van der Waals surface area contributed by atoms with Crippen LogP contribution >= 0.6 is 24.2 Å². The highest BCUT2D eigenvalue weighted by Crippen LogP contribution is 2.36. The maximum absolute atomic E-state index is 12.5. The van der Waals surface area contributed by atoms with E-state index in [0.717, 1.165) is 18.6 Å². The molecule has 2 rings (SSSR count). The molecule has 3 N–H and O–H groups in total. The first-order chi connectivity index (χ1) is 9.61. The van der Waals surface area contributed by atoms with Crippen molar-refractivity contribution >= 4 is 30.1 Å². The third-order valence-corrected chi connectivity index (χ3v) is 4.86. The number of aryl methyl sites for hydroxylation is 1. The van der Waals surface area contributed by atoms with Crippen LogP contribution in [0.15, 0.2) is 24.3 Å². The molecule has 1 amide bonds. The van der Waals surface area contributed by atoms with Crippen molar-refractivity contribution in [3.63, 3.8) is 0 Å². The average Bonchev–Trinajstić information content (AvgIpc) is 2.45. The fourth-order valence-electron chi connectivity index (χ4n) is 2.67. The topological polar surface area (TPSA) is 55.1 Å². The van der Waals surface area contributed by atoms with Gasteiger partial charge in [-0.05, 0) is 35.6 Å². The van der Waals surface area contributed by atoms with Crippen molar-refractivity contribution in [2.24, 2.45) is 11.7 Å². The van der Waals surface area contributed by atoms with E-state index in [9.17, 15) is 4.79 Å². The first-order valence-corrected chi connectivity index (χ1v) is 8.36. The Morgan fingerprint density at radius 1 is 1.43 bits per heavy atom. The van der Waals surface area contributed by atoms with E-state index in [1.165, 1.54) is 11.1 Å². The van der Waals surface area contributed by atoms with Crippen LogP contribution in [0.25, 0.3) is 0 Å². The minimum atomic E-state index is -0.0823. The number of nitrogens with two attached hydrogens (primary N) is 1. The zero-order valence-corrected chi connectivity index (χ0v) is 14.3. The Balaban J connectivity index is 0.00000220. The van der Waals surface area contributed by atoms with Gasteiger partial charge in [-0.2, -0.15) is 0 Å². The van der Waals surface area contributed by atoms with Crippen LogP contribution in [0.2, 0.25) is 0 Å². The van der Waals surface area contributed by atoms with E-state index in [1.54, 1.807) is 11.8 Å². The van der Waals surface area contributed by atoms with Gasteiger partial charge in [0.05, 0.1) is 0 Å².